The quantitative estimate of drug-likeness (QED) is 0.739. The van der Waals surface area contributed by atoms with Crippen molar-refractivity contribution in [3.63, 3.8) is 0 Å². The van der Waals surface area contributed by atoms with Gasteiger partial charge in [0.05, 0.1) is 18.6 Å². The molecule has 0 spiro atoms. The second-order valence-electron chi connectivity index (χ2n) is 4.90. The van der Waals surface area contributed by atoms with E-state index in [1.807, 2.05) is 5.38 Å². The van der Waals surface area contributed by atoms with E-state index in [2.05, 4.69) is 14.4 Å². The molecule has 8 heteroatoms. The fraction of sp³-hybridized carbons (Fsp3) is 0.667. The highest BCUT2D eigenvalue weighted by atomic mass is 32.2. The zero-order valence-corrected chi connectivity index (χ0v) is 12.9. The first-order valence-electron chi connectivity index (χ1n) is 6.50. The monoisotopic (exact) mass is 318 g/mol. The van der Waals surface area contributed by atoms with E-state index in [4.69, 9.17) is 0 Å². The number of carbonyl (C=O) groups excluding carboxylic acids is 1. The summed E-state index contributed by atoms with van der Waals surface area (Å²) in [6.45, 7) is 0. The van der Waals surface area contributed by atoms with Crippen LogP contribution in [0.5, 0.6) is 0 Å². The predicted octanol–water partition coefficient (Wildman–Crippen LogP) is 1.79. The summed E-state index contributed by atoms with van der Waals surface area (Å²) in [6.07, 6.45) is 3.62. The Balaban J connectivity index is 1.80. The summed E-state index contributed by atoms with van der Waals surface area (Å²) in [5.41, 5.74) is 0.794. The predicted molar refractivity (Wildman–Crippen MR) is 77.2 cm³/mol. The molecule has 6 nitrogen and oxygen atoms in total. The molecule has 0 amide bonds. The van der Waals surface area contributed by atoms with Crippen LogP contribution in [0, 0.1) is 5.92 Å². The molecule has 1 N–H and O–H groups in total. The molecule has 1 aromatic rings. The lowest BCUT2D eigenvalue weighted by Gasteiger charge is -2.03. The average Bonchev–Trinajstić information content (AvgIpc) is 3.07. The first-order valence-corrected chi connectivity index (χ1v) is 9.03. The number of ether oxygens (including phenoxy) is 1. The molecule has 112 valence electrons. The molecular formula is C12H18N2O4S2. The van der Waals surface area contributed by atoms with Gasteiger partial charge in [-0.2, -0.15) is 0 Å². The Labute approximate surface area is 122 Å². The number of aromatic nitrogens is 1. The van der Waals surface area contributed by atoms with E-state index in [0.29, 0.717) is 30.3 Å². The molecule has 0 unspecified atom stereocenters. The van der Waals surface area contributed by atoms with E-state index in [0.717, 1.165) is 18.5 Å². The molecule has 0 saturated heterocycles. The van der Waals surface area contributed by atoms with Crippen molar-refractivity contribution < 1.29 is 17.9 Å². The van der Waals surface area contributed by atoms with E-state index in [9.17, 15) is 13.2 Å². The van der Waals surface area contributed by atoms with Crippen LogP contribution in [0.25, 0.3) is 0 Å². The summed E-state index contributed by atoms with van der Waals surface area (Å²) in [7, 11) is -1.91. The molecule has 0 aromatic carbocycles. The number of aryl methyl sites for hydroxylation is 1. The molecule has 1 heterocycles. The van der Waals surface area contributed by atoms with Gasteiger partial charge >= 0.3 is 5.97 Å². The Morgan fingerprint density at radius 1 is 1.55 bits per heavy atom. The molecule has 0 radical (unpaired) electrons. The van der Waals surface area contributed by atoms with Gasteiger partial charge in [0, 0.05) is 11.8 Å². The van der Waals surface area contributed by atoms with Crippen molar-refractivity contribution >= 4 is 32.5 Å². The summed E-state index contributed by atoms with van der Waals surface area (Å²) in [6, 6.07) is 0. The Morgan fingerprint density at radius 3 is 2.95 bits per heavy atom. The number of thiazole rings is 1. The lowest BCUT2D eigenvalue weighted by molar-refractivity contribution is -0.140. The first kappa shape index (κ1) is 15.2. The van der Waals surface area contributed by atoms with Crippen molar-refractivity contribution in [3.05, 3.63) is 11.1 Å². The van der Waals surface area contributed by atoms with Crippen LogP contribution < -0.4 is 4.72 Å². The number of nitrogens with zero attached hydrogens (tertiary/aromatic N) is 1. The van der Waals surface area contributed by atoms with Gasteiger partial charge in [-0.25, -0.2) is 13.4 Å². The van der Waals surface area contributed by atoms with Gasteiger partial charge in [-0.1, -0.05) is 0 Å². The van der Waals surface area contributed by atoms with E-state index in [-0.39, 0.29) is 11.7 Å². The van der Waals surface area contributed by atoms with E-state index in [1.165, 1.54) is 18.4 Å². The minimum Gasteiger partial charge on any atom is -0.469 e. The van der Waals surface area contributed by atoms with Gasteiger partial charge in [0.15, 0.2) is 5.13 Å². The minimum atomic E-state index is -3.27. The molecule has 1 saturated carbocycles. The smallest absolute Gasteiger partial charge is 0.305 e. The van der Waals surface area contributed by atoms with Crippen LogP contribution in [0.1, 0.15) is 31.4 Å². The number of esters is 1. The van der Waals surface area contributed by atoms with Gasteiger partial charge < -0.3 is 4.74 Å². The van der Waals surface area contributed by atoms with Crippen molar-refractivity contribution in [2.24, 2.45) is 5.92 Å². The molecule has 20 heavy (non-hydrogen) atoms. The van der Waals surface area contributed by atoms with E-state index >= 15 is 0 Å². The summed E-state index contributed by atoms with van der Waals surface area (Å²) in [5.74, 6) is 0.252. The molecule has 0 atom stereocenters. The number of hydrogen-bond acceptors (Lipinski definition) is 6. The number of hydrogen-bond donors (Lipinski definition) is 1. The number of methoxy groups -OCH3 is 1. The zero-order chi connectivity index (χ0) is 14.6. The molecule has 1 aliphatic carbocycles. The van der Waals surface area contributed by atoms with E-state index < -0.39 is 10.0 Å². The van der Waals surface area contributed by atoms with Gasteiger partial charge in [0.2, 0.25) is 10.0 Å². The molecule has 1 aromatic heterocycles. The summed E-state index contributed by atoms with van der Waals surface area (Å²) in [4.78, 5) is 15.2. The van der Waals surface area contributed by atoms with Crippen molar-refractivity contribution in [3.8, 4) is 0 Å². The number of anilines is 1. The van der Waals surface area contributed by atoms with Crippen LogP contribution >= 0.6 is 11.3 Å². The second kappa shape index (κ2) is 6.53. The normalized spacial score (nSPS) is 15.1. The van der Waals surface area contributed by atoms with Crippen molar-refractivity contribution in [1.82, 2.24) is 4.98 Å². The Hall–Kier alpha value is -1.15. The molecule has 1 aliphatic rings. The maximum atomic E-state index is 11.8. The third-order valence-corrected chi connectivity index (χ3v) is 5.34. The maximum absolute atomic E-state index is 11.8. The number of carbonyl (C=O) groups is 1. The highest BCUT2D eigenvalue weighted by Gasteiger charge is 2.28. The van der Waals surface area contributed by atoms with Gasteiger partial charge in [-0.05, 0) is 31.6 Å². The summed E-state index contributed by atoms with van der Waals surface area (Å²) in [5, 5.41) is 2.21. The highest BCUT2D eigenvalue weighted by molar-refractivity contribution is 7.92. The maximum Gasteiger partial charge on any atom is 0.305 e. The minimum absolute atomic E-state index is 0.185. The number of nitrogens with one attached hydrogen (secondary N) is 1. The van der Waals surface area contributed by atoms with Crippen molar-refractivity contribution in [2.45, 2.75) is 32.1 Å². The Kier molecular flexibility index (Phi) is 4.98. The van der Waals surface area contributed by atoms with Crippen molar-refractivity contribution in [1.29, 1.82) is 0 Å². The lowest BCUT2D eigenvalue weighted by atomic mass is 10.2. The zero-order valence-electron chi connectivity index (χ0n) is 11.3. The summed E-state index contributed by atoms with van der Waals surface area (Å²) >= 11 is 1.27. The SMILES string of the molecule is COC(=O)CCCc1csc(NS(=O)(=O)CC2CC2)n1. The Morgan fingerprint density at radius 2 is 2.30 bits per heavy atom. The van der Waals surface area contributed by atoms with Crippen LogP contribution in [0.2, 0.25) is 0 Å². The van der Waals surface area contributed by atoms with Crippen LogP contribution in [0.15, 0.2) is 5.38 Å². The number of rotatable bonds is 8. The summed E-state index contributed by atoms with van der Waals surface area (Å²) < 4.78 is 30.7. The van der Waals surface area contributed by atoms with Crippen molar-refractivity contribution in [2.75, 3.05) is 17.6 Å². The first-order chi connectivity index (χ1) is 9.48. The van der Waals surface area contributed by atoms with Crippen LogP contribution in [0.4, 0.5) is 5.13 Å². The standard InChI is InChI=1S/C12H18N2O4S2/c1-18-11(15)4-2-3-10-7-19-12(13-10)14-20(16,17)8-9-5-6-9/h7,9H,2-6,8H2,1H3,(H,13,14). The van der Waals surface area contributed by atoms with Crippen LogP contribution in [0.3, 0.4) is 0 Å². The third-order valence-electron chi connectivity index (χ3n) is 2.99. The lowest BCUT2D eigenvalue weighted by Crippen LogP contribution is -2.17. The highest BCUT2D eigenvalue weighted by Crippen LogP contribution is 2.31. The molecule has 2 rings (SSSR count). The topological polar surface area (TPSA) is 85.4 Å². The van der Waals surface area contributed by atoms with Gasteiger partial charge in [-0.15, -0.1) is 11.3 Å². The molecular weight excluding hydrogens is 300 g/mol. The molecule has 0 bridgehead atoms. The van der Waals surface area contributed by atoms with Crippen LogP contribution in [-0.4, -0.2) is 32.2 Å². The largest absolute Gasteiger partial charge is 0.469 e. The van der Waals surface area contributed by atoms with Gasteiger partial charge in [-0.3, -0.25) is 9.52 Å². The molecule has 1 fully saturated rings. The average molecular weight is 318 g/mol. The van der Waals surface area contributed by atoms with Crippen LogP contribution in [-0.2, 0) is 26.0 Å². The Bertz CT molecular complexity index is 564. The number of sulfonamides is 1. The van der Waals surface area contributed by atoms with E-state index in [1.54, 1.807) is 0 Å². The fourth-order valence-electron chi connectivity index (χ4n) is 1.75. The van der Waals surface area contributed by atoms with Gasteiger partial charge in [0.1, 0.15) is 0 Å². The third kappa shape index (κ3) is 5.09. The fourth-order valence-corrected chi connectivity index (χ4v) is 4.26. The second-order valence-corrected chi connectivity index (χ2v) is 7.53. The molecule has 0 aliphatic heterocycles. The van der Waals surface area contributed by atoms with Gasteiger partial charge in [0.25, 0.3) is 0 Å².